The molecule has 0 bridgehead atoms. The van der Waals surface area contributed by atoms with Crippen LogP contribution in [-0.4, -0.2) is 59.9 Å². The van der Waals surface area contributed by atoms with E-state index in [2.05, 4.69) is 25.5 Å². The highest BCUT2D eigenvalue weighted by Gasteiger charge is 2.54. The van der Waals surface area contributed by atoms with Gasteiger partial charge in [0.25, 0.3) is 18.2 Å². The number of ether oxygens (including phenoxy) is 1. The molecule has 192 valence electrons. The lowest BCUT2D eigenvalue weighted by atomic mass is 9.53. The van der Waals surface area contributed by atoms with Gasteiger partial charge in [-0.15, -0.1) is 0 Å². The Balaban J connectivity index is 1.05. The topological polar surface area (TPSA) is 143 Å². The summed E-state index contributed by atoms with van der Waals surface area (Å²) < 4.78 is 34.1. The second-order valence-corrected chi connectivity index (χ2v) is 9.97. The summed E-state index contributed by atoms with van der Waals surface area (Å²) >= 11 is 0. The van der Waals surface area contributed by atoms with Gasteiger partial charge in [-0.2, -0.15) is 15.2 Å². The fraction of sp³-hybridized carbons (Fsp3) is 0.417. The van der Waals surface area contributed by atoms with Crippen molar-refractivity contribution < 1.29 is 23.1 Å². The van der Waals surface area contributed by atoms with Crippen molar-refractivity contribution in [2.45, 2.75) is 50.8 Å². The van der Waals surface area contributed by atoms with Crippen LogP contribution in [0.15, 0.2) is 30.7 Å². The average molecular weight is 511 g/mol. The Labute approximate surface area is 209 Å². The molecule has 4 aromatic rings. The number of rotatable bonds is 7. The molecule has 4 aromatic heterocycles. The van der Waals surface area contributed by atoms with Gasteiger partial charge in [-0.25, -0.2) is 18.4 Å². The second kappa shape index (κ2) is 8.46. The molecule has 0 aliphatic heterocycles. The zero-order valence-electron chi connectivity index (χ0n) is 19.9. The van der Waals surface area contributed by atoms with E-state index in [1.807, 2.05) is 0 Å². The van der Waals surface area contributed by atoms with Gasteiger partial charge >= 0.3 is 0 Å². The molecule has 4 heterocycles. The van der Waals surface area contributed by atoms with Crippen LogP contribution in [0.5, 0.6) is 5.88 Å². The lowest BCUT2D eigenvalue weighted by Crippen LogP contribution is -2.58. The third-order valence-corrected chi connectivity index (χ3v) is 7.28. The van der Waals surface area contributed by atoms with Crippen LogP contribution in [-0.2, 0) is 13.6 Å². The Kier molecular flexibility index (Phi) is 5.31. The summed E-state index contributed by atoms with van der Waals surface area (Å²) in [5.74, 6) is -0.655. The number of nitrogens with one attached hydrogen (secondary N) is 1. The van der Waals surface area contributed by atoms with E-state index in [9.17, 15) is 18.4 Å². The van der Waals surface area contributed by atoms with Gasteiger partial charge in [0.1, 0.15) is 18.2 Å². The fourth-order valence-corrected chi connectivity index (χ4v) is 5.52. The quantitative estimate of drug-likeness (QED) is 0.388. The molecule has 6 rings (SSSR count). The first kappa shape index (κ1) is 23.3. The van der Waals surface area contributed by atoms with Crippen LogP contribution in [0.3, 0.4) is 0 Å². The van der Waals surface area contributed by atoms with E-state index < -0.39 is 18.9 Å². The van der Waals surface area contributed by atoms with E-state index in [1.54, 1.807) is 30.1 Å². The maximum absolute atomic E-state index is 12.7. The lowest BCUT2D eigenvalue weighted by molar-refractivity contribution is -0.0847. The molecule has 2 aliphatic rings. The number of fused-ring (bicyclic) bond motifs is 2. The van der Waals surface area contributed by atoms with Crippen molar-refractivity contribution in [2.24, 2.45) is 18.2 Å². The fourth-order valence-electron chi connectivity index (χ4n) is 5.52. The van der Waals surface area contributed by atoms with Crippen LogP contribution in [0.4, 0.5) is 8.78 Å². The van der Waals surface area contributed by atoms with Crippen LogP contribution < -0.4 is 15.8 Å². The standard InChI is InChI=1S/C24H24F2N8O3/c1-33-21-13(9-29-33)3-17(19(27)35)23(32-21)37-16-6-24(7-16)4-15(5-24)31-22(36)14-2-12-10-30-34(11-18(25)26)20(12)28-8-14/h2-3,8-10,15-16,18H,4-7,11H2,1H3,(H2,27,35)(H,31,36)/t15-,16-,24?. The van der Waals surface area contributed by atoms with Crippen molar-refractivity contribution in [3.8, 4) is 5.88 Å². The van der Waals surface area contributed by atoms with Crippen molar-refractivity contribution in [2.75, 3.05) is 0 Å². The van der Waals surface area contributed by atoms with Gasteiger partial charge in [0.2, 0.25) is 5.88 Å². The lowest BCUT2D eigenvalue weighted by Gasteiger charge is -2.57. The SMILES string of the molecule is Cn1ncc2cc(C(N)=O)c(O[C@H]3CC4(C[C@H](NC(=O)c5cnc6c(cnn6CC(F)F)c5)C4)C3)nc21. The summed E-state index contributed by atoms with van der Waals surface area (Å²) in [5.41, 5.74) is 7.13. The van der Waals surface area contributed by atoms with E-state index in [0.717, 1.165) is 30.4 Å². The molecule has 2 aliphatic carbocycles. The molecule has 11 nitrogen and oxygen atoms in total. The molecule has 2 amide bonds. The number of carbonyl (C=O) groups is 2. The first-order chi connectivity index (χ1) is 17.7. The summed E-state index contributed by atoms with van der Waals surface area (Å²) in [5, 5.41) is 12.3. The summed E-state index contributed by atoms with van der Waals surface area (Å²) in [6.45, 7) is -0.547. The molecular formula is C24H24F2N8O3. The Morgan fingerprint density at radius 1 is 1.14 bits per heavy atom. The van der Waals surface area contributed by atoms with Crippen molar-refractivity contribution in [3.05, 3.63) is 41.9 Å². The summed E-state index contributed by atoms with van der Waals surface area (Å²) in [4.78, 5) is 33.3. The molecule has 0 aromatic carbocycles. The molecule has 0 atom stereocenters. The van der Waals surface area contributed by atoms with Gasteiger partial charge in [-0.05, 0) is 43.2 Å². The van der Waals surface area contributed by atoms with Gasteiger partial charge in [0, 0.05) is 30.1 Å². The molecule has 3 N–H and O–H groups in total. The number of primary amides is 1. The predicted octanol–water partition coefficient (Wildman–Crippen LogP) is 2.20. The molecule has 2 saturated carbocycles. The molecular weight excluding hydrogens is 486 g/mol. The number of carbonyl (C=O) groups excluding carboxylic acids is 2. The number of nitrogens with zero attached hydrogens (tertiary/aromatic N) is 6. The Morgan fingerprint density at radius 2 is 1.86 bits per heavy atom. The molecule has 0 saturated heterocycles. The first-order valence-electron chi connectivity index (χ1n) is 11.9. The van der Waals surface area contributed by atoms with Crippen molar-refractivity contribution >= 4 is 33.9 Å². The van der Waals surface area contributed by atoms with Crippen molar-refractivity contribution in [1.82, 2.24) is 34.8 Å². The van der Waals surface area contributed by atoms with Gasteiger partial charge in [0.05, 0.1) is 18.0 Å². The maximum atomic E-state index is 12.7. The number of alkyl halides is 2. The monoisotopic (exact) mass is 510 g/mol. The van der Waals surface area contributed by atoms with Gasteiger partial charge in [-0.3, -0.25) is 14.3 Å². The van der Waals surface area contributed by atoms with Crippen LogP contribution in [0.25, 0.3) is 22.1 Å². The Hall–Kier alpha value is -4.16. The molecule has 0 unspecified atom stereocenters. The van der Waals surface area contributed by atoms with Crippen molar-refractivity contribution in [3.63, 3.8) is 0 Å². The number of pyridine rings is 2. The minimum absolute atomic E-state index is 0.0239. The second-order valence-electron chi connectivity index (χ2n) is 9.97. The van der Waals surface area contributed by atoms with Crippen molar-refractivity contribution in [1.29, 1.82) is 0 Å². The van der Waals surface area contributed by atoms with Gasteiger partial charge in [-0.1, -0.05) is 0 Å². The minimum atomic E-state index is -2.54. The zero-order valence-corrected chi connectivity index (χ0v) is 19.9. The third kappa shape index (κ3) is 4.13. The molecule has 1 spiro atoms. The number of aryl methyl sites for hydroxylation is 1. The van der Waals surface area contributed by atoms with Crippen LogP contribution in [0.2, 0.25) is 0 Å². The van der Waals surface area contributed by atoms with Gasteiger partial charge in [0.15, 0.2) is 11.3 Å². The van der Waals surface area contributed by atoms with E-state index >= 15 is 0 Å². The number of nitrogens with two attached hydrogens (primary N) is 1. The zero-order chi connectivity index (χ0) is 25.9. The molecule has 37 heavy (non-hydrogen) atoms. The summed E-state index contributed by atoms with van der Waals surface area (Å²) in [6.07, 6.45) is 5.01. The Morgan fingerprint density at radius 3 is 2.59 bits per heavy atom. The summed E-state index contributed by atoms with van der Waals surface area (Å²) in [7, 11) is 1.76. The van der Waals surface area contributed by atoms with E-state index in [4.69, 9.17) is 10.5 Å². The number of hydrogen-bond donors (Lipinski definition) is 2. The normalized spacial score (nSPS) is 22.8. The summed E-state index contributed by atoms with van der Waals surface area (Å²) in [6, 6.07) is 3.28. The smallest absolute Gasteiger partial charge is 0.258 e. The first-order valence-corrected chi connectivity index (χ1v) is 11.9. The highest BCUT2D eigenvalue weighted by molar-refractivity contribution is 5.98. The average Bonchev–Trinajstić information content (AvgIpc) is 3.37. The number of halogens is 2. The number of hydrogen-bond acceptors (Lipinski definition) is 7. The van der Waals surface area contributed by atoms with E-state index in [-0.39, 0.29) is 34.9 Å². The third-order valence-electron chi connectivity index (χ3n) is 7.28. The predicted molar refractivity (Wildman–Crippen MR) is 127 cm³/mol. The number of amides is 2. The molecule has 0 radical (unpaired) electrons. The highest BCUT2D eigenvalue weighted by atomic mass is 19.3. The molecule has 13 heteroatoms. The van der Waals surface area contributed by atoms with Crippen LogP contribution >= 0.6 is 0 Å². The number of aromatic nitrogens is 6. The van der Waals surface area contributed by atoms with E-state index in [1.165, 1.54) is 12.4 Å². The Bertz CT molecular complexity index is 1530. The van der Waals surface area contributed by atoms with E-state index in [0.29, 0.717) is 27.6 Å². The minimum Gasteiger partial charge on any atom is -0.474 e. The molecule has 2 fully saturated rings. The largest absolute Gasteiger partial charge is 0.474 e. The van der Waals surface area contributed by atoms with Gasteiger partial charge < -0.3 is 15.8 Å². The maximum Gasteiger partial charge on any atom is 0.258 e. The van der Waals surface area contributed by atoms with Crippen LogP contribution in [0, 0.1) is 5.41 Å². The van der Waals surface area contributed by atoms with Crippen LogP contribution in [0.1, 0.15) is 46.4 Å². The highest BCUT2D eigenvalue weighted by Crippen LogP contribution is 2.56.